The fourth-order valence-electron chi connectivity index (χ4n) is 2.05. The van der Waals surface area contributed by atoms with Gasteiger partial charge in [0, 0.05) is 31.3 Å². The Balaban J connectivity index is 2.00. The molecule has 106 valence electrons. The zero-order valence-electron chi connectivity index (χ0n) is 11.1. The summed E-state index contributed by atoms with van der Waals surface area (Å²) >= 11 is 9.66. The topological polar surface area (TPSA) is 29.5 Å². The van der Waals surface area contributed by atoms with Crippen LogP contribution < -0.4 is 0 Å². The van der Waals surface area contributed by atoms with Crippen LogP contribution in [0.15, 0.2) is 6.07 Å². The SMILES string of the molecule is COCC(Cl)CN(C)C(=O)c1cc2c(s1)CCSC2. The summed E-state index contributed by atoms with van der Waals surface area (Å²) in [4.78, 5) is 16.2. The Morgan fingerprint density at radius 2 is 2.42 bits per heavy atom. The van der Waals surface area contributed by atoms with Crippen molar-refractivity contribution in [3.8, 4) is 0 Å². The van der Waals surface area contributed by atoms with Crippen LogP contribution in [0.4, 0.5) is 0 Å². The lowest BCUT2D eigenvalue weighted by Gasteiger charge is -2.19. The van der Waals surface area contributed by atoms with Crippen molar-refractivity contribution in [1.82, 2.24) is 4.90 Å². The molecule has 19 heavy (non-hydrogen) atoms. The van der Waals surface area contributed by atoms with Gasteiger partial charge in [-0.25, -0.2) is 0 Å². The molecule has 2 rings (SSSR count). The van der Waals surface area contributed by atoms with Gasteiger partial charge in [-0.05, 0) is 23.8 Å². The second kappa shape index (κ2) is 6.97. The highest BCUT2D eigenvalue weighted by molar-refractivity contribution is 7.98. The molecule has 0 saturated heterocycles. The van der Waals surface area contributed by atoms with Gasteiger partial charge < -0.3 is 9.64 Å². The van der Waals surface area contributed by atoms with Gasteiger partial charge in [-0.2, -0.15) is 11.8 Å². The molecular formula is C13H18ClNO2S2. The highest BCUT2D eigenvalue weighted by Crippen LogP contribution is 2.32. The molecule has 0 aromatic carbocycles. The molecule has 1 aromatic rings. The van der Waals surface area contributed by atoms with Crippen molar-refractivity contribution in [2.75, 3.05) is 33.1 Å². The van der Waals surface area contributed by atoms with Crippen molar-refractivity contribution in [2.24, 2.45) is 0 Å². The number of amides is 1. The lowest BCUT2D eigenvalue weighted by molar-refractivity contribution is 0.0786. The minimum absolute atomic E-state index is 0.0613. The van der Waals surface area contributed by atoms with Crippen LogP contribution in [0.2, 0.25) is 0 Å². The van der Waals surface area contributed by atoms with Gasteiger partial charge >= 0.3 is 0 Å². The van der Waals surface area contributed by atoms with Crippen molar-refractivity contribution >= 4 is 40.6 Å². The smallest absolute Gasteiger partial charge is 0.263 e. The van der Waals surface area contributed by atoms with Crippen molar-refractivity contribution in [2.45, 2.75) is 17.6 Å². The fourth-order valence-corrected chi connectivity index (χ4v) is 4.75. The Hall–Kier alpha value is -0.230. The molecule has 1 aliphatic heterocycles. The van der Waals surface area contributed by atoms with E-state index in [0.717, 1.165) is 22.8 Å². The number of aryl methyl sites for hydroxylation is 1. The van der Waals surface area contributed by atoms with Crippen LogP contribution in [-0.2, 0) is 16.9 Å². The summed E-state index contributed by atoms with van der Waals surface area (Å²) in [5, 5.41) is -0.163. The van der Waals surface area contributed by atoms with E-state index in [-0.39, 0.29) is 11.3 Å². The Morgan fingerprint density at radius 1 is 1.63 bits per heavy atom. The molecule has 1 unspecified atom stereocenters. The summed E-state index contributed by atoms with van der Waals surface area (Å²) < 4.78 is 4.99. The molecule has 1 aliphatic rings. The number of halogens is 1. The second-order valence-corrected chi connectivity index (χ2v) is 7.46. The molecule has 0 fully saturated rings. The first kappa shape index (κ1) is 15.2. The van der Waals surface area contributed by atoms with Gasteiger partial charge in [-0.15, -0.1) is 22.9 Å². The van der Waals surface area contributed by atoms with E-state index >= 15 is 0 Å². The Kier molecular flexibility index (Phi) is 5.57. The van der Waals surface area contributed by atoms with Crippen LogP contribution in [0, 0.1) is 0 Å². The Morgan fingerprint density at radius 3 is 3.11 bits per heavy atom. The number of ether oxygens (including phenoxy) is 1. The highest BCUT2D eigenvalue weighted by Gasteiger charge is 2.21. The summed E-state index contributed by atoms with van der Waals surface area (Å²) in [6.45, 7) is 0.961. The number of fused-ring (bicyclic) bond motifs is 1. The first-order chi connectivity index (χ1) is 9.11. The summed E-state index contributed by atoms with van der Waals surface area (Å²) in [5.41, 5.74) is 1.33. The number of thiophene rings is 1. The quantitative estimate of drug-likeness (QED) is 0.782. The first-order valence-corrected chi connectivity index (χ1v) is 8.60. The predicted molar refractivity (Wildman–Crippen MR) is 82.7 cm³/mol. The maximum absolute atomic E-state index is 12.3. The van der Waals surface area contributed by atoms with E-state index in [1.54, 1.807) is 30.4 Å². The number of hydrogen-bond acceptors (Lipinski definition) is 4. The van der Waals surface area contributed by atoms with E-state index in [4.69, 9.17) is 16.3 Å². The number of methoxy groups -OCH3 is 1. The van der Waals surface area contributed by atoms with E-state index in [2.05, 4.69) is 0 Å². The third kappa shape index (κ3) is 3.88. The van der Waals surface area contributed by atoms with Crippen molar-refractivity contribution in [1.29, 1.82) is 0 Å². The number of thioether (sulfide) groups is 1. The van der Waals surface area contributed by atoms with Crippen molar-refractivity contribution < 1.29 is 9.53 Å². The molecule has 3 nitrogen and oxygen atoms in total. The standard InChI is InChI=1S/C13H18ClNO2S2/c1-15(6-10(14)7-17-2)13(16)12-5-9-8-18-4-3-11(9)19-12/h5,10H,3-4,6-8H2,1-2H3. The van der Waals surface area contributed by atoms with Crippen molar-refractivity contribution in [3.05, 3.63) is 21.4 Å². The zero-order chi connectivity index (χ0) is 13.8. The van der Waals surface area contributed by atoms with Crippen LogP contribution in [0.5, 0.6) is 0 Å². The summed E-state index contributed by atoms with van der Waals surface area (Å²) in [6, 6.07) is 2.05. The Bertz CT molecular complexity index is 426. The van der Waals surface area contributed by atoms with Crippen LogP contribution in [0.25, 0.3) is 0 Å². The van der Waals surface area contributed by atoms with Gasteiger partial charge in [-0.3, -0.25) is 4.79 Å². The lowest BCUT2D eigenvalue weighted by atomic mass is 10.2. The second-order valence-electron chi connectivity index (χ2n) is 4.60. The number of hydrogen-bond donors (Lipinski definition) is 0. The van der Waals surface area contributed by atoms with Gasteiger partial charge in [0.2, 0.25) is 0 Å². The summed E-state index contributed by atoms with van der Waals surface area (Å²) in [5.74, 6) is 2.25. The minimum Gasteiger partial charge on any atom is -0.383 e. The molecule has 6 heteroatoms. The molecule has 0 bridgehead atoms. The predicted octanol–water partition coefficient (Wildman–Crippen LogP) is 2.86. The van der Waals surface area contributed by atoms with Crippen LogP contribution in [0.1, 0.15) is 20.1 Å². The van der Waals surface area contributed by atoms with Gasteiger partial charge in [0.15, 0.2) is 0 Å². The third-order valence-electron chi connectivity index (χ3n) is 3.00. The number of alkyl halides is 1. The maximum Gasteiger partial charge on any atom is 0.263 e. The summed E-state index contributed by atoms with van der Waals surface area (Å²) in [6.07, 6.45) is 1.09. The monoisotopic (exact) mass is 319 g/mol. The molecular weight excluding hydrogens is 302 g/mol. The van der Waals surface area contributed by atoms with E-state index in [1.807, 2.05) is 17.8 Å². The highest BCUT2D eigenvalue weighted by atomic mass is 35.5. The molecule has 0 spiro atoms. The van der Waals surface area contributed by atoms with Crippen LogP contribution in [0.3, 0.4) is 0 Å². The van der Waals surface area contributed by atoms with E-state index in [9.17, 15) is 4.79 Å². The number of nitrogens with zero attached hydrogens (tertiary/aromatic N) is 1. The molecule has 0 aliphatic carbocycles. The average molecular weight is 320 g/mol. The molecule has 0 saturated carbocycles. The molecule has 1 aromatic heterocycles. The minimum atomic E-state index is -0.163. The van der Waals surface area contributed by atoms with E-state index in [0.29, 0.717) is 13.2 Å². The molecule has 0 N–H and O–H groups in total. The van der Waals surface area contributed by atoms with Crippen molar-refractivity contribution in [3.63, 3.8) is 0 Å². The number of carbonyl (C=O) groups excluding carboxylic acids is 1. The van der Waals surface area contributed by atoms with Crippen LogP contribution in [-0.4, -0.2) is 49.2 Å². The first-order valence-electron chi connectivity index (χ1n) is 6.19. The molecule has 2 heterocycles. The van der Waals surface area contributed by atoms with Gasteiger partial charge in [0.05, 0.1) is 16.9 Å². The fraction of sp³-hybridized carbons (Fsp3) is 0.615. The molecule has 1 amide bonds. The van der Waals surface area contributed by atoms with Crippen LogP contribution >= 0.6 is 34.7 Å². The van der Waals surface area contributed by atoms with Gasteiger partial charge in [0.25, 0.3) is 5.91 Å². The maximum atomic E-state index is 12.3. The largest absolute Gasteiger partial charge is 0.383 e. The molecule has 1 atom stereocenters. The van der Waals surface area contributed by atoms with Gasteiger partial charge in [0.1, 0.15) is 0 Å². The average Bonchev–Trinajstić information content (AvgIpc) is 2.81. The summed E-state index contributed by atoms with van der Waals surface area (Å²) in [7, 11) is 3.41. The van der Waals surface area contributed by atoms with E-state index < -0.39 is 0 Å². The zero-order valence-corrected chi connectivity index (χ0v) is 13.5. The molecule has 0 radical (unpaired) electrons. The van der Waals surface area contributed by atoms with E-state index in [1.165, 1.54) is 10.4 Å². The number of carbonyl (C=O) groups is 1. The lowest BCUT2D eigenvalue weighted by Crippen LogP contribution is -2.33. The number of rotatable bonds is 5. The third-order valence-corrected chi connectivity index (χ3v) is 5.50. The van der Waals surface area contributed by atoms with Gasteiger partial charge in [-0.1, -0.05) is 0 Å². The normalized spacial score (nSPS) is 15.9. The Labute approximate surface area is 127 Å².